The van der Waals surface area contributed by atoms with Crippen LogP contribution in [0, 0.1) is 0 Å². The van der Waals surface area contributed by atoms with Crippen LogP contribution in [0.5, 0.6) is 0 Å². The van der Waals surface area contributed by atoms with Crippen molar-refractivity contribution in [3.63, 3.8) is 0 Å². The maximum atomic E-state index is 4.86. The molecule has 0 amide bonds. The predicted molar refractivity (Wildman–Crippen MR) is 79.2 cm³/mol. The predicted octanol–water partition coefficient (Wildman–Crippen LogP) is 3.54. The number of rotatable bonds is 0. The highest BCUT2D eigenvalue weighted by atomic mass is 14.8. The van der Waals surface area contributed by atoms with E-state index in [1.807, 2.05) is 0 Å². The number of benzene rings is 2. The van der Waals surface area contributed by atoms with Crippen molar-refractivity contribution in [3.8, 4) is 11.1 Å². The second kappa shape index (κ2) is 3.66. The van der Waals surface area contributed by atoms with Crippen molar-refractivity contribution < 1.29 is 0 Å². The average Bonchev–Trinajstić information content (AvgIpc) is 3.04. The van der Waals surface area contributed by atoms with E-state index in [1.54, 1.807) is 0 Å². The minimum atomic E-state index is 1.10. The van der Waals surface area contributed by atoms with Crippen molar-refractivity contribution in [3.05, 3.63) is 58.4 Å². The first-order valence-corrected chi connectivity index (χ1v) is 7.34. The SMILES string of the molecule is c1ccc2c(c1)N=c1ccc3c(c1-2)C1=C(CCCC1)N=3. The standard InChI is InChI=1S/C18H14N2/c1-3-7-13-11(5-1)17-15(19-13)9-10-16-18(17)12-6-2-4-8-14(12)20-16/h1,3,5,7,9-10H,2,4,6,8H2. The molecule has 2 aliphatic heterocycles. The molecular formula is C18H14N2. The van der Waals surface area contributed by atoms with Crippen molar-refractivity contribution >= 4 is 11.3 Å². The summed E-state index contributed by atoms with van der Waals surface area (Å²) in [7, 11) is 0. The van der Waals surface area contributed by atoms with Gasteiger partial charge in [0.15, 0.2) is 0 Å². The van der Waals surface area contributed by atoms with Crippen LogP contribution in [0.4, 0.5) is 5.69 Å². The van der Waals surface area contributed by atoms with Crippen molar-refractivity contribution in [1.82, 2.24) is 0 Å². The number of hydrogen-bond acceptors (Lipinski definition) is 2. The molecule has 0 radical (unpaired) electrons. The van der Waals surface area contributed by atoms with E-state index in [9.17, 15) is 0 Å². The summed E-state index contributed by atoms with van der Waals surface area (Å²) in [6.07, 6.45) is 4.87. The number of nitrogens with zero attached hydrogens (tertiary/aromatic N) is 2. The Morgan fingerprint density at radius 2 is 1.55 bits per heavy atom. The lowest BCUT2D eigenvalue weighted by Gasteiger charge is -2.14. The quantitative estimate of drug-likeness (QED) is 0.589. The van der Waals surface area contributed by atoms with Gasteiger partial charge in [0, 0.05) is 22.4 Å². The summed E-state index contributed by atoms with van der Waals surface area (Å²) < 4.78 is 0. The molecule has 2 aromatic rings. The summed E-state index contributed by atoms with van der Waals surface area (Å²) >= 11 is 0. The molecule has 0 unspecified atom stereocenters. The van der Waals surface area contributed by atoms with Crippen LogP contribution in [-0.2, 0) is 0 Å². The zero-order valence-electron chi connectivity index (χ0n) is 11.2. The van der Waals surface area contributed by atoms with E-state index in [1.165, 1.54) is 47.2 Å². The third kappa shape index (κ3) is 1.24. The Hall–Kier alpha value is -2.22. The van der Waals surface area contributed by atoms with Crippen LogP contribution in [0.3, 0.4) is 0 Å². The molecule has 20 heavy (non-hydrogen) atoms. The van der Waals surface area contributed by atoms with Gasteiger partial charge in [-0.05, 0) is 49.5 Å². The van der Waals surface area contributed by atoms with Crippen molar-refractivity contribution in [2.45, 2.75) is 25.7 Å². The first kappa shape index (κ1) is 10.6. The van der Waals surface area contributed by atoms with E-state index in [0.29, 0.717) is 0 Å². The van der Waals surface area contributed by atoms with Gasteiger partial charge in [-0.25, -0.2) is 4.99 Å². The van der Waals surface area contributed by atoms with Gasteiger partial charge >= 0.3 is 0 Å². The van der Waals surface area contributed by atoms with Crippen LogP contribution >= 0.6 is 0 Å². The van der Waals surface area contributed by atoms with E-state index in [-0.39, 0.29) is 0 Å². The average molecular weight is 258 g/mol. The van der Waals surface area contributed by atoms with Crippen LogP contribution in [-0.4, -0.2) is 0 Å². The van der Waals surface area contributed by atoms with E-state index in [4.69, 9.17) is 9.98 Å². The van der Waals surface area contributed by atoms with Crippen molar-refractivity contribution in [2.24, 2.45) is 9.98 Å². The minimum absolute atomic E-state index is 1.10. The third-order valence-corrected chi connectivity index (χ3v) is 4.57. The lowest BCUT2D eigenvalue weighted by molar-refractivity contribution is 0.713. The normalized spacial score (nSPS) is 17.8. The van der Waals surface area contributed by atoms with Gasteiger partial charge in [-0.15, -0.1) is 0 Å². The molecule has 3 aliphatic rings. The maximum Gasteiger partial charge on any atom is 0.0724 e. The number of hydrogen-bond donors (Lipinski definition) is 0. The zero-order chi connectivity index (χ0) is 13.1. The molecule has 1 aliphatic carbocycles. The summed E-state index contributed by atoms with van der Waals surface area (Å²) in [4.78, 5) is 9.63. The molecule has 0 aromatic heterocycles. The highest BCUT2D eigenvalue weighted by Crippen LogP contribution is 2.41. The summed E-state index contributed by atoms with van der Waals surface area (Å²) in [5.74, 6) is 0. The Balaban J connectivity index is 1.89. The zero-order valence-corrected chi connectivity index (χ0v) is 11.2. The molecule has 0 N–H and O–H groups in total. The van der Waals surface area contributed by atoms with E-state index < -0.39 is 0 Å². The molecule has 0 bridgehead atoms. The van der Waals surface area contributed by atoms with E-state index in [0.717, 1.165) is 22.8 Å². The Labute approximate surface area is 117 Å². The van der Waals surface area contributed by atoms with E-state index >= 15 is 0 Å². The van der Waals surface area contributed by atoms with Crippen molar-refractivity contribution in [1.29, 1.82) is 0 Å². The Bertz CT molecular complexity index is 904. The van der Waals surface area contributed by atoms with Crippen LogP contribution in [0.25, 0.3) is 16.7 Å². The first-order valence-electron chi connectivity index (χ1n) is 7.34. The molecule has 0 spiro atoms. The van der Waals surface area contributed by atoms with Gasteiger partial charge in [0.25, 0.3) is 0 Å². The van der Waals surface area contributed by atoms with Gasteiger partial charge in [0.1, 0.15) is 0 Å². The van der Waals surface area contributed by atoms with Gasteiger partial charge < -0.3 is 0 Å². The van der Waals surface area contributed by atoms with Gasteiger partial charge in [-0.1, -0.05) is 18.2 Å². The van der Waals surface area contributed by atoms with Crippen LogP contribution in [0.1, 0.15) is 31.2 Å². The smallest absolute Gasteiger partial charge is 0.0724 e. The summed E-state index contributed by atoms with van der Waals surface area (Å²) in [5.41, 5.74) is 7.85. The molecular weight excluding hydrogens is 244 g/mol. The van der Waals surface area contributed by atoms with Crippen LogP contribution < -0.4 is 10.7 Å². The monoisotopic (exact) mass is 258 g/mol. The lowest BCUT2D eigenvalue weighted by Crippen LogP contribution is -2.14. The van der Waals surface area contributed by atoms with Gasteiger partial charge in [-0.3, -0.25) is 4.99 Å². The van der Waals surface area contributed by atoms with Crippen molar-refractivity contribution in [2.75, 3.05) is 0 Å². The molecule has 0 saturated heterocycles. The van der Waals surface area contributed by atoms with Gasteiger partial charge in [0.2, 0.25) is 0 Å². The van der Waals surface area contributed by atoms with Gasteiger partial charge in [0.05, 0.1) is 16.4 Å². The summed E-state index contributed by atoms with van der Waals surface area (Å²) in [6, 6.07) is 12.7. The highest BCUT2D eigenvalue weighted by Gasteiger charge is 2.26. The fraction of sp³-hybridized carbons (Fsp3) is 0.222. The summed E-state index contributed by atoms with van der Waals surface area (Å²) in [5, 5.41) is 2.27. The molecule has 2 heterocycles. The maximum absolute atomic E-state index is 4.86. The third-order valence-electron chi connectivity index (χ3n) is 4.57. The molecule has 2 nitrogen and oxygen atoms in total. The molecule has 96 valence electrons. The molecule has 0 saturated carbocycles. The minimum Gasteiger partial charge on any atom is -0.252 e. The second-order valence-electron chi connectivity index (χ2n) is 5.73. The Morgan fingerprint density at radius 1 is 0.750 bits per heavy atom. The Kier molecular flexibility index (Phi) is 1.93. The molecule has 0 fully saturated rings. The Morgan fingerprint density at radius 3 is 2.50 bits per heavy atom. The molecule has 5 rings (SSSR count). The van der Waals surface area contributed by atoms with Crippen LogP contribution in [0.2, 0.25) is 0 Å². The second-order valence-corrected chi connectivity index (χ2v) is 5.73. The lowest BCUT2D eigenvalue weighted by atomic mass is 9.88. The van der Waals surface area contributed by atoms with Crippen LogP contribution in [0.15, 0.2) is 52.1 Å². The number of para-hydroxylation sites is 1. The fourth-order valence-corrected chi connectivity index (χ4v) is 3.68. The topological polar surface area (TPSA) is 24.7 Å². The van der Waals surface area contributed by atoms with E-state index in [2.05, 4.69) is 36.4 Å². The number of allylic oxidation sites excluding steroid dienone is 2. The summed E-state index contributed by atoms with van der Waals surface area (Å²) in [6.45, 7) is 0. The fourth-order valence-electron chi connectivity index (χ4n) is 3.68. The molecule has 2 aromatic carbocycles. The number of fused-ring (bicyclic) bond motifs is 6. The largest absolute Gasteiger partial charge is 0.252 e. The highest BCUT2D eigenvalue weighted by molar-refractivity contribution is 5.90. The molecule has 0 atom stereocenters. The first-order chi connectivity index (χ1) is 9.92. The molecule has 2 heteroatoms. The van der Waals surface area contributed by atoms with Gasteiger partial charge in [-0.2, -0.15) is 0 Å².